The fourth-order valence-electron chi connectivity index (χ4n) is 0. The summed E-state index contributed by atoms with van der Waals surface area (Å²) in [5.41, 5.74) is 0. The molecule has 0 saturated carbocycles. The first-order valence-corrected chi connectivity index (χ1v) is 1.58. The molecular weight excluding hydrogens is 135 g/mol. The second-order valence-electron chi connectivity index (χ2n) is 0.766. The summed E-state index contributed by atoms with van der Waals surface area (Å²) in [6.07, 6.45) is 0. The predicted octanol–water partition coefficient (Wildman–Crippen LogP) is 0.590. The summed E-state index contributed by atoms with van der Waals surface area (Å²) < 4.78 is 29.0. The van der Waals surface area contributed by atoms with Crippen LogP contribution in [0.3, 0.4) is 0 Å². The normalized spacial score (nSPS) is 5.78. The Balaban J connectivity index is -0.0000000720. The van der Waals surface area contributed by atoms with Gasteiger partial charge in [-0.2, -0.15) is 0 Å². The minimum Gasteiger partial charge on any atom is -0.481 e. The number of hydrogen-bond acceptors (Lipinski definition) is 1. The maximum atomic E-state index is 9.67. The molecular formula is C2H4B2F3O2. The van der Waals surface area contributed by atoms with E-state index >= 15 is 0 Å². The number of rotatable bonds is 0. The second-order valence-corrected chi connectivity index (χ2v) is 0.766. The molecule has 0 aromatic rings. The molecule has 1 N–H and O–H groups in total. The first kappa shape index (κ1) is 15.8. The summed E-state index contributed by atoms with van der Waals surface area (Å²) in [6, 6.07) is 0. The number of halogens is 3. The van der Waals surface area contributed by atoms with E-state index in [1.807, 2.05) is 0 Å². The van der Waals surface area contributed by atoms with Crippen molar-refractivity contribution < 1.29 is 22.8 Å². The number of hydrogen-bond donors (Lipinski definition) is 1. The molecule has 2 nitrogen and oxygen atoms in total. The van der Waals surface area contributed by atoms with Crippen molar-refractivity contribution in [2.45, 2.75) is 6.92 Å². The Morgan fingerprint density at radius 1 is 1.44 bits per heavy atom. The molecule has 0 heterocycles. The lowest BCUT2D eigenvalue weighted by Gasteiger charge is -1.59. The van der Waals surface area contributed by atoms with E-state index in [0.717, 1.165) is 6.92 Å². The SMILES string of the molecule is CC(=O)O.FB(F)F.[B]. The zero-order valence-corrected chi connectivity index (χ0v) is 4.64. The number of aliphatic carboxylic acids is 1. The Labute approximate surface area is 52.9 Å². The first-order chi connectivity index (χ1) is 3.46. The molecule has 0 spiro atoms. The van der Waals surface area contributed by atoms with Gasteiger partial charge in [0.2, 0.25) is 0 Å². The lowest BCUT2D eigenvalue weighted by atomic mass is 10.5. The van der Waals surface area contributed by atoms with E-state index in [4.69, 9.17) is 9.90 Å². The van der Waals surface area contributed by atoms with Crippen molar-refractivity contribution >= 4 is 21.9 Å². The summed E-state index contributed by atoms with van der Waals surface area (Å²) >= 11 is 0. The molecule has 0 fully saturated rings. The summed E-state index contributed by atoms with van der Waals surface area (Å²) in [4.78, 5) is 9.00. The largest absolute Gasteiger partial charge is 0.762 e. The summed E-state index contributed by atoms with van der Waals surface area (Å²) in [7, 11) is -3.67. The average molecular weight is 139 g/mol. The molecule has 0 atom stereocenters. The quantitative estimate of drug-likeness (QED) is 0.498. The topological polar surface area (TPSA) is 37.3 Å². The van der Waals surface area contributed by atoms with Crippen LogP contribution in [-0.4, -0.2) is 27.0 Å². The lowest BCUT2D eigenvalue weighted by Crippen LogP contribution is -1.78. The molecule has 0 aliphatic carbocycles. The van der Waals surface area contributed by atoms with Gasteiger partial charge in [-0.1, -0.05) is 0 Å². The Bertz CT molecular complexity index is 62.1. The molecule has 0 amide bonds. The molecule has 3 radical (unpaired) electrons. The van der Waals surface area contributed by atoms with E-state index < -0.39 is 13.5 Å². The van der Waals surface area contributed by atoms with E-state index in [-0.39, 0.29) is 8.41 Å². The molecule has 0 unspecified atom stereocenters. The third kappa shape index (κ3) is 577. The van der Waals surface area contributed by atoms with Gasteiger partial charge in [0.05, 0.1) is 0 Å². The Kier molecular flexibility index (Phi) is 18.2. The Morgan fingerprint density at radius 2 is 1.44 bits per heavy atom. The molecule has 51 valence electrons. The summed E-state index contributed by atoms with van der Waals surface area (Å²) in [6.45, 7) is 1.08. The van der Waals surface area contributed by atoms with Crippen LogP contribution in [0.1, 0.15) is 6.92 Å². The maximum Gasteiger partial charge on any atom is 0.762 e. The lowest BCUT2D eigenvalue weighted by molar-refractivity contribution is -0.134. The number of carbonyl (C=O) groups is 1. The number of carboxylic acid groups (broad SMARTS) is 1. The molecule has 0 rings (SSSR count). The van der Waals surface area contributed by atoms with Crippen molar-refractivity contribution in [2.75, 3.05) is 0 Å². The molecule has 0 aromatic carbocycles. The molecule has 0 aliphatic rings. The second kappa shape index (κ2) is 10.4. The van der Waals surface area contributed by atoms with Gasteiger partial charge in [0.15, 0.2) is 0 Å². The van der Waals surface area contributed by atoms with Crippen LogP contribution in [0.4, 0.5) is 12.9 Å². The van der Waals surface area contributed by atoms with E-state index in [1.165, 1.54) is 0 Å². The van der Waals surface area contributed by atoms with Crippen LogP contribution in [0, 0.1) is 0 Å². The maximum absolute atomic E-state index is 9.67. The van der Waals surface area contributed by atoms with Gasteiger partial charge in [-0.15, -0.1) is 0 Å². The predicted molar refractivity (Wildman–Crippen MR) is 28.1 cm³/mol. The summed E-state index contributed by atoms with van der Waals surface area (Å²) in [5, 5.41) is 7.42. The Morgan fingerprint density at radius 3 is 1.44 bits per heavy atom. The van der Waals surface area contributed by atoms with Gasteiger partial charge in [-0.25, -0.2) is 0 Å². The van der Waals surface area contributed by atoms with Gasteiger partial charge in [0.1, 0.15) is 0 Å². The van der Waals surface area contributed by atoms with Crippen LogP contribution in [0.15, 0.2) is 0 Å². The monoisotopic (exact) mass is 139 g/mol. The highest BCUT2D eigenvalue weighted by Crippen LogP contribution is 1.80. The van der Waals surface area contributed by atoms with Crippen molar-refractivity contribution in [1.29, 1.82) is 0 Å². The van der Waals surface area contributed by atoms with Gasteiger partial charge >= 0.3 is 7.54 Å². The van der Waals surface area contributed by atoms with Gasteiger partial charge in [-0.3, -0.25) is 17.7 Å². The fourth-order valence-corrected chi connectivity index (χ4v) is 0. The molecule has 7 heteroatoms. The third-order valence-electron chi connectivity index (χ3n) is 0. The van der Waals surface area contributed by atoms with E-state index in [2.05, 4.69) is 0 Å². The van der Waals surface area contributed by atoms with E-state index in [9.17, 15) is 12.9 Å². The van der Waals surface area contributed by atoms with Crippen LogP contribution in [0.2, 0.25) is 0 Å². The van der Waals surface area contributed by atoms with Crippen LogP contribution in [-0.2, 0) is 4.79 Å². The van der Waals surface area contributed by atoms with Crippen LogP contribution in [0.25, 0.3) is 0 Å². The minimum absolute atomic E-state index is 0. The van der Waals surface area contributed by atoms with Crippen LogP contribution < -0.4 is 0 Å². The molecule has 9 heavy (non-hydrogen) atoms. The van der Waals surface area contributed by atoms with Crippen LogP contribution >= 0.6 is 0 Å². The van der Waals surface area contributed by atoms with E-state index in [1.54, 1.807) is 0 Å². The van der Waals surface area contributed by atoms with E-state index in [0.29, 0.717) is 0 Å². The molecule has 0 aromatic heterocycles. The van der Waals surface area contributed by atoms with Crippen LogP contribution in [0.5, 0.6) is 0 Å². The van der Waals surface area contributed by atoms with Crippen molar-refractivity contribution in [3.63, 3.8) is 0 Å². The Hall–Kier alpha value is -0.610. The highest BCUT2D eigenvalue weighted by molar-refractivity contribution is 6.33. The van der Waals surface area contributed by atoms with Gasteiger partial charge in [0, 0.05) is 15.3 Å². The molecule has 0 saturated heterocycles. The van der Waals surface area contributed by atoms with Gasteiger partial charge < -0.3 is 5.11 Å². The third-order valence-corrected chi connectivity index (χ3v) is 0. The highest BCUT2D eigenvalue weighted by Gasteiger charge is 2.06. The smallest absolute Gasteiger partial charge is 0.481 e. The standard InChI is InChI=1S/C2H4O2.BF3.B/c1-2(3)4;2-1(3)4;/h1H3,(H,3,4);;. The first-order valence-electron chi connectivity index (χ1n) is 1.58. The van der Waals surface area contributed by atoms with Crippen molar-refractivity contribution in [3.8, 4) is 0 Å². The number of carboxylic acids is 1. The fraction of sp³-hybridized carbons (Fsp3) is 0.500. The van der Waals surface area contributed by atoms with Crippen molar-refractivity contribution in [2.24, 2.45) is 0 Å². The van der Waals surface area contributed by atoms with Gasteiger partial charge in [0.25, 0.3) is 5.97 Å². The zero-order valence-electron chi connectivity index (χ0n) is 4.64. The summed E-state index contributed by atoms with van der Waals surface area (Å²) in [5.74, 6) is -0.833. The zero-order chi connectivity index (χ0) is 7.15. The highest BCUT2D eigenvalue weighted by atomic mass is 19.4. The molecule has 0 aliphatic heterocycles. The molecule has 0 bridgehead atoms. The average Bonchev–Trinajstić information content (AvgIpc) is 1.25. The van der Waals surface area contributed by atoms with Gasteiger partial charge in [-0.05, 0) is 0 Å². The van der Waals surface area contributed by atoms with Crippen molar-refractivity contribution in [3.05, 3.63) is 0 Å². The van der Waals surface area contributed by atoms with Crippen molar-refractivity contribution in [1.82, 2.24) is 0 Å². The minimum atomic E-state index is -3.67.